The molecule has 0 aromatic carbocycles. The lowest BCUT2D eigenvalue weighted by Crippen LogP contribution is -2.59. The molecule has 3 heteroatoms. The molecule has 0 unspecified atom stereocenters. The van der Waals surface area contributed by atoms with Gasteiger partial charge >= 0.3 is 5.97 Å². The SMILES string of the molecule is C=C(C)C(=O)OC1(CCCOC)C2CC3CC(C2)CC1C3. The molecule has 0 heterocycles. The Labute approximate surface area is 128 Å². The zero-order valence-electron chi connectivity index (χ0n) is 13.4. The summed E-state index contributed by atoms with van der Waals surface area (Å²) in [6.07, 6.45) is 8.35. The lowest BCUT2D eigenvalue weighted by atomic mass is 9.49. The molecule has 4 fully saturated rings. The van der Waals surface area contributed by atoms with Crippen LogP contribution in [0.1, 0.15) is 51.9 Å². The van der Waals surface area contributed by atoms with Crippen molar-refractivity contribution >= 4 is 5.97 Å². The molecule has 0 spiro atoms. The minimum Gasteiger partial charge on any atom is -0.455 e. The van der Waals surface area contributed by atoms with Gasteiger partial charge in [0, 0.05) is 19.3 Å². The van der Waals surface area contributed by atoms with Crippen molar-refractivity contribution in [1.82, 2.24) is 0 Å². The van der Waals surface area contributed by atoms with E-state index >= 15 is 0 Å². The molecule has 0 aromatic heterocycles. The van der Waals surface area contributed by atoms with Crippen LogP contribution in [-0.2, 0) is 14.3 Å². The molecule has 4 aliphatic rings. The molecule has 0 saturated heterocycles. The fraction of sp³-hybridized carbons (Fsp3) is 0.833. The summed E-state index contributed by atoms with van der Waals surface area (Å²) in [5.41, 5.74) is 0.289. The normalized spacial score (nSPS) is 40.3. The van der Waals surface area contributed by atoms with Gasteiger partial charge in [-0.25, -0.2) is 4.79 Å². The Bertz CT molecular complexity index is 398. The van der Waals surface area contributed by atoms with Crippen LogP contribution in [0.5, 0.6) is 0 Å². The van der Waals surface area contributed by atoms with Crippen LogP contribution in [0, 0.1) is 23.7 Å². The third kappa shape index (κ3) is 2.65. The molecule has 4 saturated carbocycles. The molecule has 4 rings (SSSR count). The van der Waals surface area contributed by atoms with Crippen molar-refractivity contribution in [2.75, 3.05) is 13.7 Å². The Morgan fingerprint density at radius 2 is 1.71 bits per heavy atom. The van der Waals surface area contributed by atoms with Crippen LogP contribution in [0.25, 0.3) is 0 Å². The first-order valence-corrected chi connectivity index (χ1v) is 8.43. The summed E-state index contributed by atoms with van der Waals surface area (Å²) in [5.74, 6) is 2.70. The molecular formula is C18H28O3. The van der Waals surface area contributed by atoms with Crippen LogP contribution in [0.2, 0.25) is 0 Å². The lowest BCUT2D eigenvalue weighted by Gasteiger charge is -2.60. The molecule has 0 aliphatic heterocycles. The predicted octanol–water partition coefficient (Wildman–Crippen LogP) is 3.73. The van der Waals surface area contributed by atoms with Gasteiger partial charge in [-0.3, -0.25) is 0 Å². The molecule has 3 nitrogen and oxygen atoms in total. The molecule has 4 bridgehead atoms. The number of hydrogen-bond donors (Lipinski definition) is 0. The third-order valence-corrected chi connectivity index (χ3v) is 6.07. The second-order valence-corrected chi connectivity index (χ2v) is 7.53. The highest BCUT2D eigenvalue weighted by Crippen LogP contribution is 2.61. The number of hydrogen-bond acceptors (Lipinski definition) is 3. The third-order valence-electron chi connectivity index (χ3n) is 6.07. The number of carbonyl (C=O) groups excluding carboxylic acids is 1. The summed E-state index contributed by atoms with van der Waals surface area (Å²) in [7, 11) is 1.74. The summed E-state index contributed by atoms with van der Waals surface area (Å²) >= 11 is 0. The van der Waals surface area contributed by atoms with Gasteiger partial charge in [0.15, 0.2) is 0 Å². The second kappa shape index (κ2) is 5.75. The summed E-state index contributed by atoms with van der Waals surface area (Å²) in [4.78, 5) is 12.2. The second-order valence-electron chi connectivity index (χ2n) is 7.53. The van der Waals surface area contributed by atoms with Gasteiger partial charge in [0.05, 0.1) is 0 Å². The molecule has 21 heavy (non-hydrogen) atoms. The van der Waals surface area contributed by atoms with Crippen LogP contribution < -0.4 is 0 Å². The number of rotatable bonds is 6. The highest BCUT2D eigenvalue weighted by molar-refractivity contribution is 5.87. The van der Waals surface area contributed by atoms with Gasteiger partial charge in [-0.15, -0.1) is 0 Å². The fourth-order valence-corrected chi connectivity index (χ4v) is 5.36. The topological polar surface area (TPSA) is 35.5 Å². The molecule has 0 N–H and O–H groups in total. The summed E-state index contributed by atoms with van der Waals surface area (Å²) in [5, 5.41) is 0. The van der Waals surface area contributed by atoms with E-state index in [9.17, 15) is 4.79 Å². The minimum atomic E-state index is -0.234. The van der Waals surface area contributed by atoms with Crippen molar-refractivity contribution in [3.05, 3.63) is 12.2 Å². The molecule has 0 radical (unpaired) electrons. The Hall–Kier alpha value is -0.830. The van der Waals surface area contributed by atoms with E-state index in [1.807, 2.05) is 0 Å². The van der Waals surface area contributed by atoms with Crippen molar-refractivity contribution < 1.29 is 14.3 Å². The molecule has 4 aliphatic carbocycles. The minimum absolute atomic E-state index is 0.195. The molecular weight excluding hydrogens is 264 g/mol. The molecule has 0 amide bonds. The van der Waals surface area contributed by atoms with Crippen molar-refractivity contribution in [2.24, 2.45) is 23.7 Å². The van der Waals surface area contributed by atoms with Crippen LogP contribution in [0.15, 0.2) is 12.2 Å². The van der Waals surface area contributed by atoms with Crippen LogP contribution in [0.4, 0.5) is 0 Å². The van der Waals surface area contributed by atoms with Crippen molar-refractivity contribution in [3.8, 4) is 0 Å². The van der Waals surface area contributed by atoms with E-state index in [4.69, 9.17) is 9.47 Å². The zero-order valence-corrected chi connectivity index (χ0v) is 13.4. The Morgan fingerprint density at radius 3 is 2.19 bits per heavy atom. The van der Waals surface area contributed by atoms with Gasteiger partial charge < -0.3 is 9.47 Å². The average molecular weight is 292 g/mol. The van der Waals surface area contributed by atoms with E-state index in [-0.39, 0.29) is 11.6 Å². The Balaban J connectivity index is 1.81. The Kier molecular flexibility index (Phi) is 4.13. The van der Waals surface area contributed by atoms with Gasteiger partial charge in [-0.1, -0.05) is 6.58 Å². The number of esters is 1. The van der Waals surface area contributed by atoms with Crippen molar-refractivity contribution in [2.45, 2.75) is 57.5 Å². The first-order chi connectivity index (χ1) is 10.0. The first kappa shape index (κ1) is 15.1. The van der Waals surface area contributed by atoms with Gasteiger partial charge in [-0.2, -0.15) is 0 Å². The maximum absolute atomic E-state index is 12.2. The van der Waals surface area contributed by atoms with Crippen LogP contribution in [0.3, 0.4) is 0 Å². The van der Waals surface area contributed by atoms with Crippen molar-refractivity contribution in [3.63, 3.8) is 0 Å². The van der Waals surface area contributed by atoms with E-state index in [1.165, 1.54) is 32.1 Å². The summed E-state index contributed by atoms with van der Waals surface area (Å²) < 4.78 is 11.4. The largest absolute Gasteiger partial charge is 0.455 e. The van der Waals surface area contributed by atoms with E-state index < -0.39 is 0 Å². The lowest BCUT2D eigenvalue weighted by molar-refractivity contribution is -0.209. The van der Waals surface area contributed by atoms with E-state index in [2.05, 4.69) is 6.58 Å². The van der Waals surface area contributed by atoms with E-state index in [1.54, 1.807) is 14.0 Å². The number of methoxy groups -OCH3 is 1. The summed E-state index contributed by atoms with van der Waals surface area (Å²) in [6, 6.07) is 0. The van der Waals surface area contributed by atoms with Crippen molar-refractivity contribution in [1.29, 1.82) is 0 Å². The highest BCUT2D eigenvalue weighted by Gasteiger charge is 2.59. The standard InChI is InChI=1S/C18H28O3/c1-12(2)17(19)21-18(5-4-6-20-3)15-8-13-7-14(10-15)11-16(18)9-13/h13-16H,1,4-11H2,2-3H3. The van der Waals surface area contributed by atoms with Gasteiger partial charge in [-0.05, 0) is 75.5 Å². The Morgan fingerprint density at radius 1 is 1.14 bits per heavy atom. The predicted molar refractivity (Wildman–Crippen MR) is 81.8 cm³/mol. The zero-order chi connectivity index (χ0) is 15.0. The van der Waals surface area contributed by atoms with Gasteiger partial charge in [0.25, 0.3) is 0 Å². The smallest absolute Gasteiger partial charge is 0.333 e. The number of carbonyl (C=O) groups is 1. The maximum atomic E-state index is 12.2. The van der Waals surface area contributed by atoms with E-state index in [0.717, 1.165) is 31.3 Å². The monoisotopic (exact) mass is 292 g/mol. The van der Waals surface area contributed by atoms with Crippen LogP contribution >= 0.6 is 0 Å². The molecule has 0 aromatic rings. The summed E-state index contributed by atoms with van der Waals surface area (Å²) in [6.45, 7) is 6.27. The number of ether oxygens (including phenoxy) is 2. The van der Waals surface area contributed by atoms with Gasteiger partial charge in [0.2, 0.25) is 0 Å². The molecule has 118 valence electrons. The quantitative estimate of drug-likeness (QED) is 0.425. The van der Waals surface area contributed by atoms with Crippen LogP contribution in [-0.4, -0.2) is 25.3 Å². The first-order valence-electron chi connectivity index (χ1n) is 8.43. The highest BCUT2D eigenvalue weighted by atomic mass is 16.6. The average Bonchev–Trinajstić information content (AvgIpc) is 2.43. The maximum Gasteiger partial charge on any atom is 0.333 e. The molecule has 0 atom stereocenters. The van der Waals surface area contributed by atoms with Gasteiger partial charge in [0.1, 0.15) is 5.60 Å². The van der Waals surface area contributed by atoms with E-state index in [0.29, 0.717) is 17.4 Å². The fourth-order valence-electron chi connectivity index (χ4n) is 5.36.